The van der Waals surface area contributed by atoms with Crippen LogP contribution in [0.15, 0.2) is 0 Å². The molecule has 0 aromatic heterocycles. The fourth-order valence-electron chi connectivity index (χ4n) is 1.46. The molecule has 0 atom stereocenters. The highest BCUT2D eigenvalue weighted by atomic mass is 16.5. The molecule has 0 aromatic carbocycles. The zero-order valence-corrected chi connectivity index (χ0v) is 12.0. The van der Waals surface area contributed by atoms with Crippen LogP contribution >= 0.6 is 0 Å². The van der Waals surface area contributed by atoms with Gasteiger partial charge in [-0.1, -0.05) is 39.0 Å². The number of hydrogen-bond donors (Lipinski definition) is 1. The number of nitrogens with one attached hydrogen (secondary N) is 1. The Labute approximate surface area is 106 Å². The van der Waals surface area contributed by atoms with Crippen molar-refractivity contribution in [3.8, 4) is 0 Å². The van der Waals surface area contributed by atoms with Crippen molar-refractivity contribution < 1.29 is 9.53 Å². The van der Waals surface area contributed by atoms with E-state index in [2.05, 4.69) is 12.2 Å². The Morgan fingerprint density at radius 2 is 1.65 bits per heavy atom. The predicted octanol–water partition coefficient (Wildman–Crippen LogP) is 3.28. The summed E-state index contributed by atoms with van der Waals surface area (Å²) in [6.45, 7) is 9.19. The minimum Gasteiger partial charge on any atom is -0.465 e. The van der Waals surface area contributed by atoms with Gasteiger partial charge in [0, 0.05) is 5.54 Å². The Kier molecular flexibility index (Phi) is 9.14. The van der Waals surface area contributed by atoms with E-state index in [1.165, 1.54) is 32.1 Å². The molecule has 102 valence electrons. The van der Waals surface area contributed by atoms with Crippen LogP contribution in [0.1, 0.15) is 66.2 Å². The maximum absolute atomic E-state index is 11.3. The summed E-state index contributed by atoms with van der Waals surface area (Å²) in [4.78, 5) is 11.3. The first kappa shape index (κ1) is 16.4. The van der Waals surface area contributed by atoms with E-state index in [0.29, 0.717) is 13.2 Å². The normalized spacial score (nSPS) is 11.5. The number of esters is 1. The molecule has 3 heteroatoms. The van der Waals surface area contributed by atoms with Crippen LogP contribution in [0.5, 0.6) is 0 Å². The average molecular weight is 243 g/mol. The second-order valence-corrected chi connectivity index (χ2v) is 5.59. The third-order valence-corrected chi connectivity index (χ3v) is 2.52. The van der Waals surface area contributed by atoms with Crippen LogP contribution in [0.25, 0.3) is 0 Å². The smallest absolute Gasteiger partial charge is 0.319 e. The van der Waals surface area contributed by atoms with E-state index < -0.39 is 0 Å². The van der Waals surface area contributed by atoms with Gasteiger partial charge in [-0.15, -0.1) is 0 Å². The summed E-state index contributed by atoms with van der Waals surface area (Å²) < 4.78 is 5.14. The van der Waals surface area contributed by atoms with Gasteiger partial charge in [0.15, 0.2) is 0 Å². The minimum absolute atomic E-state index is 0.0286. The minimum atomic E-state index is -0.145. The molecule has 0 radical (unpaired) electrons. The average Bonchev–Trinajstić information content (AvgIpc) is 2.24. The highest BCUT2D eigenvalue weighted by Crippen LogP contribution is 2.05. The van der Waals surface area contributed by atoms with Crippen molar-refractivity contribution in [1.82, 2.24) is 5.32 Å². The lowest BCUT2D eigenvalue weighted by Gasteiger charge is -2.19. The molecular weight excluding hydrogens is 214 g/mol. The van der Waals surface area contributed by atoms with Gasteiger partial charge in [-0.2, -0.15) is 0 Å². The lowest BCUT2D eigenvalue weighted by Crippen LogP contribution is -2.39. The van der Waals surface area contributed by atoms with Crippen LogP contribution in [-0.2, 0) is 9.53 Å². The molecule has 17 heavy (non-hydrogen) atoms. The summed E-state index contributed by atoms with van der Waals surface area (Å²) in [5.41, 5.74) is -0.0286. The van der Waals surface area contributed by atoms with Gasteiger partial charge in [0.2, 0.25) is 0 Å². The van der Waals surface area contributed by atoms with Gasteiger partial charge in [0.1, 0.15) is 0 Å². The van der Waals surface area contributed by atoms with E-state index in [-0.39, 0.29) is 11.5 Å². The van der Waals surface area contributed by atoms with Gasteiger partial charge >= 0.3 is 5.97 Å². The molecule has 0 bridgehead atoms. The number of hydrogen-bond acceptors (Lipinski definition) is 3. The van der Waals surface area contributed by atoms with Crippen molar-refractivity contribution in [3.63, 3.8) is 0 Å². The van der Waals surface area contributed by atoms with Crippen molar-refractivity contribution in [2.24, 2.45) is 0 Å². The maximum Gasteiger partial charge on any atom is 0.319 e. The lowest BCUT2D eigenvalue weighted by atomic mass is 10.1. The monoisotopic (exact) mass is 243 g/mol. The number of rotatable bonds is 9. The summed E-state index contributed by atoms with van der Waals surface area (Å²) >= 11 is 0. The summed E-state index contributed by atoms with van der Waals surface area (Å²) in [6, 6.07) is 0. The second kappa shape index (κ2) is 9.46. The molecule has 0 rings (SSSR count). The molecule has 0 aromatic rings. The van der Waals surface area contributed by atoms with Gasteiger partial charge < -0.3 is 10.1 Å². The zero-order valence-electron chi connectivity index (χ0n) is 12.0. The highest BCUT2D eigenvalue weighted by molar-refractivity contribution is 5.71. The van der Waals surface area contributed by atoms with E-state index in [4.69, 9.17) is 4.74 Å². The van der Waals surface area contributed by atoms with Crippen LogP contribution in [0.3, 0.4) is 0 Å². The second-order valence-electron chi connectivity index (χ2n) is 5.59. The van der Waals surface area contributed by atoms with Crippen molar-refractivity contribution in [2.45, 2.75) is 71.8 Å². The molecule has 0 unspecified atom stereocenters. The van der Waals surface area contributed by atoms with Crippen LogP contribution in [0.2, 0.25) is 0 Å². The molecular formula is C14H29NO2. The zero-order chi connectivity index (χ0) is 13.1. The fourth-order valence-corrected chi connectivity index (χ4v) is 1.46. The van der Waals surface area contributed by atoms with E-state index in [9.17, 15) is 4.79 Å². The molecule has 0 fully saturated rings. The Bertz CT molecular complexity index is 197. The first-order valence-corrected chi connectivity index (χ1v) is 6.86. The van der Waals surface area contributed by atoms with Gasteiger partial charge in [0.05, 0.1) is 13.2 Å². The van der Waals surface area contributed by atoms with Gasteiger partial charge in [0.25, 0.3) is 0 Å². The molecule has 0 aliphatic carbocycles. The van der Waals surface area contributed by atoms with Crippen molar-refractivity contribution in [1.29, 1.82) is 0 Å². The Morgan fingerprint density at radius 3 is 2.24 bits per heavy atom. The largest absolute Gasteiger partial charge is 0.465 e. The molecule has 3 nitrogen and oxygen atoms in total. The van der Waals surface area contributed by atoms with Crippen LogP contribution in [0, 0.1) is 0 Å². The number of ether oxygens (including phenoxy) is 1. The summed E-state index contributed by atoms with van der Waals surface area (Å²) in [7, 11) is 0. The number of unbranched alkanes of at least 4 members (excludes halogenated alkanes) is 5. The molecule has 0 heterocycles. The quantitative estimate of drug-likeness (QED) is 0.499. The Balaban J connectivity index is 3.28. The fraction of sp³-hybridized carbons (Fsp3) is 0.929. The van der Waals surface area contributed by atoms with E-state index in [1.807, 2.05) is 20.8 Å². The summed E-state index contributed by atoms with van der Waals surface area (Å²) in [6.07, 6.45) is 7.30. The van der Waals surface area contributed by atoms with Gasteiger partial charge in [-0.25, -0.2) is 0 Å². The van der Waals surface area contributed by atoms with Gasteiger partial charge in [-0.05, 0) is 27.2 Å². The number of carbonyl (C=O) groups excluding carboxylic acids is 1. The molecule has 0 aliphatic heterocycles. The summed E-state index contributed by atoms with van der Waals surface area (Å²) in [5.74, 6) is -0.145. The van der Waals surface area contributed by atoms with E-state index >= 15 is 0 Å². The van der Waals surface area contributed by atoms with Gasteiger partial charge in [-0.3, -0.25) is 4.79 Å². The molecule has 0 spiro atoms. The molecule has 1 N–H and O–H groups in total. The van der Waals surface area contributed by atoms with Crippen LogP contribution in [-0.4, -0.2) is 24.7 Å². The SMILES string of the molecule is CCCCCCCCOC(=O)CNC(C)(C)C. The van der Waals surface area contributed by atoms with Crippen LogP contribution < -0.4 is 5.32 Å². The third-order valence-electron chi connectivity index (χ3n) is 2.52. The topological polar surface area (TPSA) is 38.3 Å². The number of carbonyl (C=O) groups is 1. The maximum atomic E-state index is 11.3. The summed E-state index contributed by atoms with van der Waals surface area (Å²) in [5, 5.41) is 3.12. The molecule has 0 aliphatic rings. The third kappa shape index (κ3) is 13.4. The lowest BCUT2D eigenvalue weighted by molar-refractivity contribution is -0.143. The van der Waals surface area contributed by atoms with E-state index in [0.717, 1.165) is 6.42 Å². The van der Waals surface area contributed by atoms with Crippen LogP contribution in [0.4, 0.5) is 0 Å². The first-order chi connectivity index (χ1) is 7.95. The highest BCUT2D eigenvalue weighted by Gasteiger charge is 2.11. The molecule has 0 saturated heterocycles. The van der Waals surface area contributed by atoms with Crippen molar-refractivity contribution in [3.05, 3.63) is 0 Å². The van der Waals surface area contributed by atoms with Crippen molar-refractivity contribution >= 4 is 5.97 Å². The Hall–Kier alpha value is -0.570. The standard InChI is InChI=1S/C14H29NO2/c1-5-6-7-8-9-10-11-17-13(16)12-15-14(2,3)4/h15H,5-12H2,1-4H3. The van der Waals surface area contributed by atoms with Crippen molar-refractivity contribution in [2.75, 3.05) is 13.2 Å². The Morgan fingerprint density at radius 1 is 1.06 bits per heavy atom. The molecule has 0 saturated carbocycles. The van der Waals surface area contributed by atoms with E-state index in [1.54, 1.807) is 0 Å². The first-order valence-electron chi connectivity index (χ1n) is 6.86. The molecule has 0 amide bonds. The predicted molar refractivity (Wildman–Crippen MR) is 72.1 cm³/mol.